The van der Waals surface area contributed by atoms with Crippen molar-refractivity contribution in [2.75, 3.05) is 26.2 Å². The number of nitrogens with zero attached hydrogens (tertiary/aromatic N) is 3. The zero-order valence-corrected chi connectivity index (χ0v) is 12.5. The second-order valence-electron chi connectivity index (χ2n) is 4.53. The molecular formula is C9H16N4O5S2. The first-order chi connectivity index (χ1) is 9.18. The van der Waals surface area contributed by atoms with Crippen LogP contribution in [-0.2, 0) is 26.0 Å². The first kappa shape index (κ1) is 15.4. The maximum absolute atomic E-state index is 12.2. The Kier molecular flexibility index (Phi) is 4.16. The molecule has 9 nitrogen and oxygen atoms in total. The highest BCUT2D eigenvalue weighted by Gasteiger charge is 2.31. The van der Waals surface area contributed by atoms with Gasteiger partial charge in [-0.25, -0.2) is 13.6 Å². The average molecular weight is 324 g/mol. The van der Waals surface area contributed by atoms with Crippen LogP contribution >= 0.6 is 0 Å². The Morgan fingerprint density at radius 1 is 1.20 bits per heavy atom. The van der Waals surface area contributed by atoms with Crippen LogP contribution in [0.25, 0.3) is 0 Å². The number of hydrogen-bond donors (Lipinski definition) is 1. The summed E-state index contributed by atoms with van der Waals surface area (Å²) in [4.78, 5) is 0. The summed E-state index contributed by atoms with van der Waals surface area (Å²) in [6.07, 6.45) is 0. The topological polar surface area (TPSA) is 127 Å². The number of aryl methyl sites for hydroxylation is 1. The zero-order valence-electron chi connectivity index (χ0n) is 10.9. The Morgan fingerprint density at radius 2 is 1.75 bits per heavy atom. The summed E-state index contributed by atoms with van der Waals surface area (Å²) in [5.41, 5.74) is 0.330. The molecule has 0 radical (unpaired) electrons. The van der Waals surface area contributed by atoms with E-state index in [1.807, 2.05) is 0 Å². The fraction of sp³-hybridized carbons (Fsp3) is 0.667. The van der Waals surface area contributed by atoms with Gasteiger partial charge in [-0.1, -0.05) is 5.16 Å². The summed E-state index contributed by atoms with van der Waals surface area (Å²) in [7, 11) is -7.31. The van der Waals surface area contributed by atoms with Crippen molar-refractivity contribution in [3.63, 3.8) is 0 Å². The van der Waals surface area contributed by atoms with Crippen LogP contribution in [-0.4, -0.2) is 56.8 Å². The van der Waals surface area contributed by atoms with Gasteiger partial charge < -0.3 is 4.52 Å². The second kappa shape index (κ2) is 5.41. The van der Waals surface area contributed by atoms with Crippen LogP contribution in [0.3, 0.4) is 0 Å². The number of rotatable bonds is 4. The largest absolute Gasteiger partial charge is 0.361 e. The average Bonchev–Trinajstić information content (AvgIpc) is 2.73. The van der Waals surface area contributed by atoms with Crippen molar-refractivity contribution in [2.24, 2.45) is 5.14 Å². The van der Waals surface area contributed by atoms with E-state index in [9.17, 15) is 16.8 Å². The number of aromatic nitrogens is 1. The molecule has 2 rings (SSSR count). The summed E-state index contributed by atoms with van der Waals surface area (Å²) in [6.45, 7) is 1.94. The normalized spacial score (nSPS) is 19.3. The third kappa shape index (κ3) is 3.55. The molecule has 20 heavy (non-hydrogen) atoms. The number of piperazine rings is 1. The van der Waals surface area contributed by atoms with E-state index in [1.165, 1.54) is 4.31 Å². The maximum atomic E-state index is 12.2. The van der Waals surface area contributed by atoms with Crippen LogP contribution in [0.2, 0.25) is 0 Å². The van der Waals surface area contributed by atoms with Gasteiger partial charge in [0.15, 0.2) is 0 Å². The molecule has 1 aliphatic rings. The van der Waals surface area contributed by atoms with Gasteiger partial charge in [0.1, 0.15) is 17.2 Å². The molecule has 2 N–H and O–H groups in total. The quantitative estimate of drug-likeness (QED) is 0.728. The Bertz CT molecular complexity index is 673. The molecule has 114 valence electrons. The Morgan fingerprint density at radius 3 is 2.20 bits per heavy atom. The van der Waals surface area contributed by atoms with Crippen LogP contribution in [0.5, 0.6) is 0 Å². The minimum atomic E-state index is -3.77. The smallest absolute Gasteiger partial charge is 0.276 e. The lowest BCUT2D eigenvalue weighted by Gasteiger charge is -2.31. The van der Waals surface area contributed by atoms with Crippen molar-refractivity contribution in [2.45, 2.75) is 12.7 Å². The standard InChI is InChI=1S/C9H16N4O5S2/c1-8-6-9(11-18-8)7-19(14,15)12-2-4-13(5-3-12)20(10,16)17/h6H,2-5,7H2,1H3,(H2,10,16,17). The maximum Gasteiger partial charge on any atom is 0.276 e. The molecule has 0 atom stereocenters. The third-order valence-corrected chi connectivity index (χ3v) is 5.86. The minimum Gasteiger partial charge on any atom is -0.361 e. The first-order valence-corrected chi connectivity index (χ1v) is 8.97. The monoisotopic (exact) mass is 324 g/mol. The van der Waals surface area contributed by atoms with E-state index in [0.717, 1.165) is 4.31 Å². The molecule has 1 fully saturated rings. The molecule has 0 spiro atoms. The van der Waals surface area contributed by atoms with Gasteiger partial charge in [-0.3, -0.25) is 0 Å². The highest BCUT2D eigenvalue weighted by atomic mass is 32.2. The van der Waals surface area contributed by atoms with Crippen LogP contribution in [0.1, 0.15) is 11.5 Å². The lowest BCUT2D eigenvalue weighted by atomic mass is 10.4. The molecule has 0 aliphatic carbocycles. The molecular weight excluding hydrogens is 308 g/mol. The fourth-order valence-electron chi connectivity index (χ4n) is 1.97. The summed E-state index contributed by atoms with van der Waals surface area (Å²) < 4.78 is 53.7. The summed E-state index contributed by atoms with van der Waals surface area (Å²) >= 11 is 0. The predicted octanol–water partition coefficient (Wildman–Crippen LogP) is -1.37. The molecule has 2 heterocycles. The summed E-state index contributed by atoms with van der Waals surface area (Å²) in [5.74, 6) is 0.272. The van der Waals surface area contributed by atoms with Gasteiger partial charge in [-0.2, -0.15) is 17.0 Å². The molecule has 0 amide bonds. The molecule has 1 aromatic heterocycles. The van der Waals surface area contributed by atoms with Gasteiger partial charge in [-0.15, -0.1) is 0 Å². The van der Waals surface area contributed by atoms with Crippen molar-refractivity contribution >= 4 is 20.2 Å². The van der Waals surface area contributed by atoms with E-state index in [2.05, 4.69) is 5.16 Å². The Balaban J connectivity index is 2.02. The van der Waals surface area contributed by atoms with E-state index in [1.54, 1.807) is 13.0 Å². The van der Waals surface area contributed by atoms with Gasteiger partial charge in [0.25, 0.3) is 10.2 Å². The lowest BCUT2D eigenvalue weighted by molar-refractivity contribution is 0.272. The van der Waals surface area contributed by atoms with Gasteiger partial charge in [0.05, 0.1) is 0 Å². The van der Waals surface area contributed by atoms with E-state index < -0.39 is 20.2 Å². The van der Waals surface area contributed by atoms with Crippen molar-refractivity contribution in [1.29, 1.82) is 0 Å². The molecule has 0 bridgehead atoms. The van der Waals surface area contributed by atoms with Crippen molar-refractivity contribution < 1.29 is 21.4 Å². The van der Waals surface area contributed by atoms with Crippen molar-refractivity contribution in [3.05, 3.63) is 17.5 Å². The van der Waals surface area contributed by atoms with E-state index in [0.29, 0.717) is 11.5 Å². The highest BCUT2D eigenvalue weighted by molar-refractivity contribution is 7.88. The third-order valence-electron chi connectivity index (χ3n) is 2.96. The number of hydrogen-bond acceptors (Lipinski definition) is 6. The lowest BCUT2D eigenvalue weighted by Crippen LogP contribution is -2.52. The van der Waals surface area contributed by atoms with Crippen LogP contribution in [0, 0.1) is 6.92 Å². The van der Waals surface area contributed by atoms with Gasteiger partial charge in [-0.05, 0) is 6.92 Å². The van der Waals surface area contributed by atoms with Crippen LogP contribution < -0.4 is 5.14 Å². The molecule has 1 aliphatic heterocycles. The second-order valence-corrected chi connectivity index (χ2v) is 8.04. The molecule has 1 aromatic rings. The summed E-state index contributed by atoms with van der Waals surface area (Å²) in [6, 6.07) is 1.55. The SMILES string of the molecule is Cc1cc(CS(=O)(=O)N2CCN(S(N)(=O)=O)CC2)no1. The van der Waals surface area contributed by atoms with Crippen molar-refractivity contribution in [3.8, 4) is 0 Å². The van der Waals surface area contributed by atoms with E-state index in [4.69, 9.17) is 9.66 Å². The van der Waals surface area contributed by atoms with E-state index >= 15 is 0 Å². The first-order valence-electron chi connectivity index (χ1n) is 5.86. The Labute approximate surface area is 117 Å². The van der Waals surface area contributed by atoms with Crippen molar-refractivity contribution in [1.82, 2.24) is 13.8 Å². The predicted molar refractivity (Wildman–Crippen MR) is 70.1 cm³/mol. The highest BCUT2D eigenvalue weighted by Crippen LogP contribution is 2.14. The van der Waals surface area contributed by atoms with Gasteiger partial charge >= 0.3 is 0 Å². The van der Waals surface area contributed by atoms with Gasteiger partial charge in [0.2, 0.25) is 10.0 Å². The van der Waals surface area contributed by atoms with Crippen LogP contribution in [0.15, 0.2) is 10.6 Å². The molecule has 1 saturated heterocycles. The number of sulfonamides is 1. The molecule has 0 saturated carbocycles. The number of nitrogens with two attached hydrogens (primary N) is 1. The van der Waals surface area contributed by atoms with Gasteiger partial charge in [0, 0.05) is 32.2 Å². The fourth-order valence-corrected chi connectivity index (χ4v) is 4.05. The molecule has 11 heteroatoms. The van der Waals surface area contributed by atoms with E-state index in [-0.39, 0.29) is 31.9 Å². The Hall–Kier alpha value is -1.01. The zero-order chi connectivity index (χ0) is 15.0. The van der Waals surface area contributed by atoms with Crippen LogP contribution in [0.4, 0.5) is 0 Å². The summed E-state index contributed by atoms with van der Waals surface area (Å²) in [5, 5.41) is 8.64. The molecule has 0 unspecified atom stereocenters. The minimum absolute atomic E-state index is 0.0515. The molecule has 0 aromatic carbocycles.